The van der Waals surface area contributed by atoms with E-state index >= 15 is 0 Å². The average Bonchev–Trinajstić information content (AvgIpc) is 3.00. The van der Waals surface area contributed by atoms with Crippen LogP contribution in [0.3, 0.4) is 0 Å². The van der Waals surface area contributed by atoms with E-state index in [2.05, 4.69) is 16.6 Å². The Balaban J connectivity index is 1.70. The number of amides is 1. The fourth-order valence-corrected chi connectivity index (χ4v) is 5.11. The Morgan fingerprint density at radius 1 is 1.31 bits per heavy atom. The third-order valence-electron chi connectivity index (χ3n) is 6.64. The SMILES string of the molecule is C=CC1=C(/C=C(\C)F)C2(CCN(C3CCC(=NOCC)CC3)CC2)CN1C(C)=O. The number of piperidine rings is 1. The van der Waals surface area contributed by atoms with E-state index in [1.54, 1.807) is 24.0 Å². The van der Waals surface area contributed by atoms with Crippen LogP contribution in [0.5, 0.6) is 0 Å². The van der Waals surface area contributed by atoms with Gasteiger partial charge >= 0.3 is 0 Å². The van der Waals surface area contributed by atoms with E-state index in [0.717, 1.165) is 62.9 Å². The minimum Gasteiger partial charge on any atom is -0.396 e. The number of hydrogen-bond donors (Lipinski definition) is 0. The molecule has 3 rings (SSSR count). The van der Waals surface area contributed by atoms with Crippen LogP contribution in [-0.4, -0.2) is 53.7 Å². The Hall–Kier alpha value is -1.95. The molecule has 2 aliphatic heterocycles. The van der Waals surface area contributed by atoms with Crippen molar-refractivity contribution in [1.29, 1.82) is 0 Å². The number of allylic oxidation sites excluding steroid dienone is 3. The molecule has 6 heteroatoms. The van der Waals surface area contributed by atoms with E-state index < -0.39 is 0 Å². The summed E-state index contributed by atoms with van der Waals surface area (Å²) in [5.74, 6) is -0.227. The highest BCUT2D eigenvalue weighted by Crippen LogP contribution is 2.48. The summed E-state index contributed by atoms with van der Waals surface area (Å²) in [5.41, 5.74) is 2.72. The van der Waals surface area contributed by atoms with Crippen molar-refractivity contribution < 1.29 is 14.0 Å². The van der Waals surface area contributed by atoms with Crippen molar-refractivity contribution in [2.45, 2.75) is 65.3 Å². The molecular weight excluding hydrogens is 369 g/mol. The van der Waals surface area contributed by atoms with Crippen LogP contribution in [-0.2, 0) is 9.63 Å². The van der Waals surface area contributed by atoms with Gasteiger partial charge in [-0.3, -0.25) is 4.79 Å². The second kappa shape index (κ2) is 9.24. The van der Waals surface area contributed by atoms with Crippen LogP contribution in [0.4, 0.5) is 4.39 Å². The first-order valence-corrected chi connectivity index (χ1v) is 10.8. The zero-order chi connectivity index (χ0) is 21.0. The zero-order valence-electron chi connectivity index (χ0n) is 18.0. The molecule has 3 aliphatic rings. The lowest BCUT2D eigenvalue weighted by Crippen LogP contribution is -2.48. The van der Waals surface area contributed by atoms with Gasteiger partial charge in [0.15, 0.2) is 0 Å². The van der Waals surface area contributed by atoms with Crippen molar-refractivity contribution in [3.63, 3.8) is 0 Å². The van der Waals surface area contributed by atoms with Gasteiger partial charge < -0.3 is 14.6 Å². The first-order valence-electron chi connectivity index (χ1n) is 10.8. The lowest BCUT2D eigenvalue weighted by molar-refractivity contribution is -0.127. The summed E-state index contributed by atoms with van der Waals surface area (Å²) < 4.78 is 13.9. The molecule has 1 amide bonds. The summed E-state index contributed by atoms with van der Waals surface area (Å²) in [6.45, 7) is 12.1. The average molecular weight is 404 g/mol. The van der Waals surface area contributed by atoms with Crippen LogP contribution < -0.4 is 0 Å². The van der Waals surface area contributed by atoms with Gasteiger partial charge in [-0.2, -0.15) is 0 Å². The van der Waals surface area contributed by atoms with Gasteiger partial charge in [-0.25, -0.2) is 4.39 Å². The standard InChI is InChI=1S/C23H34FN3O2/c1-5-22-21(15-17(3)24)23(16-27(22)18(4)28)11-13-26(14-12-23)20-9-7-19(8-10-20)25-29-6-2/h5,15,20H,1,6-14,16H2,2-4H3/b17-15+,25-19?. The normalized spacial score (nSPS) is 25.5. The van der Waals surface area contributed by atoms with Gasteiger partial charge in [-0.1, -0.05) is 11.7 Å². The predicted octanol–water partition coefficient (Wildman–Crippen LogP) is 4.58. The van der Waals surface area contributed by atoms with Gasteiger partial charge in [-0.15, -0.1) is 0 Å². The van der Waals surface area contributed by atoms with Crippen molar-refractivity contribution in [3.05, 3.63) is 35.8 Å². The molecule has 0 aromatic rings. The molecule has 0 N–H and O–H groups in total. The molecule has 5 nitrogen and oxygen atoms in total. The molecule has 1 saturated heterocycles. The molecule has 29 heavy (non-hydrogen) atoms. The topological polar surface area (TPSA) is 45.1 Å². The number of oxime groups is 1. The summed E-state index contributed by atoms with van der Waals surface area (Å²) in [7, 11) is 0. The third kappa shape index (κ3) is 4.63. The maximum absolute atomic E-state index is 13.9. The summed E-state index contributed by atoms with van der Waals surface area (Å²) in [6.07, 6.45) is 9.42. The fraction of sp³-hybridized carbons (Fsp3) is 0.652. The molecule has 0 aromatic carbocycles. The smallest absolute Gasteiger partial charge is 0.223 e. The van der Waals surface area contributed by atoms with Crippen LogP contribution in [0.1, 0.15) is 59.3 Å². The van der Waals surface area contributed by atoms with Crippen LogP contribution in [0, 0.1) is 5.41 Å². The van der Waals surface area contributed by atoms with E-state index in [-0.39, 0.29) is 17.1 Å². The minimum absolute atomic E-state index is 0.00462. The second-order valence-corrected chi connectivity index (χ2v) is 8.46. The summed E-state index contributed by atoms with van der Waals surface area (Å²) in [4.78, 5) is 21.7. The maximum atomic E-state index is 13.9. The van der Waals surface area contributed by atoms with E-state index in [1.807, 2.05) is 6.92 Å². The first kappa shape index (κ1) is 21.8. The van der Waals surface area contributed by atoms with Crippen LogP contribution in [0.2, 0.25) is 0 Å². The van der Waals surface area contributed by atoms with Gasteiger partial charge in [0.25, 0.3) is 0 Å². The number of carbonyl (C=O) groups is 1. The molecule has 2 fully saturated rings. The molecule has 1 saturated carbocycles. The molecule has 0 atom stereocenters. The second-order valence-electron chi connectivity index (χ2n) is 8.46. The van der Waals surface area contributed by atoms with Crippen molar-refractivity contribution in [2.24, 2.45) is 10.6 Å². The molecule has 160 valence electrons. The molecule has 1 spiro atoms. The van der Waals surface area contributed by atoms with Gasteiger partial charge in [-0.05, 0) is 83.2 Å². The predicted molar refractivity (Wildman–Crippen MR) is 114 cm³/mol. The van der Waals surface area contributed by atoms with E-state index in [1.165, 1.54) is 12.6 Å². The Kier molecular flexibility index (Phi) is 6.93. The van der Waals surface area contributed by atoms with E-state index in [4.69, 9.17) is 4.84 Å². The van der Waals surface area contributed by atoms with Gasteiger partial charge in [0.05, 0.1) is 11.5 Å². The zero-order valence-corrected chi connectivity index (χ0v) is 18.0. The molecule has 1 aliphatic carbocycles. The van der Waals surface area contributed by atoms with Crippen LogP contribution in [0.15, 0.2) is 41.0 Å². The van der Waals surface area contributed by atoms with Crippen LogP contribution >= 0.6 is 0 Å². The maximum Gasteiger partial charge on any atom is 0.223 e. The highest BCUT2D eigenvalue weighted by molar-refractivity contribution is 5.84. The highest BCUT2D eigenvalue weighted by atomic mass is 19.1. The quantitative estimate of drug-likeness (QED) is 0.631. The number of halogens is 1. The number of rotatable bonds is 5. The Morgan fingerprint density at radius 3 is 2.48 bits per heavy atom. The van der Waals surface area contributed by atoms with Crippen molar-refractivity contribution in [1.82, 2.24) is 9.80 Å². The lowest BCUT2D eigenvalue weighted by atomic mass is 9.72. The summed E-state index contributed by atoms with van der Waals surface area (Å²) in [6, 6.07) is 0.572. The van der Waals surface area contributed by atoms with Gasteiger partial charge in [0, 0.05) is 30.6 Å². The highest BCUT2D eigenvalue weighted by Gasteiger charge is 2.46. The number of likely N-dealkylation sites (tertiary alicyclic amines) is 1. The summed E-state index contributed by atoms with van der Waals surface area (Å²) >= 11 is 0. The van der Waals surface area contributed by atoms with Crippen molar-refractivity contribution in [2.75, 3.05) is 26.2 Å². The van der Waals surface area contributed by atoms with Gasteiger partial charge in [0.1, 0.15) is 6.61 Å². The largest absolute Gasteiger partial charge is 0.396 e. The molecule has 2 heterocycles. The molecule has 0 unspecified atom stereocenters. The number of nitrogens with zero attached hydrogens (tertiary/aromatic N) is 3. The van der Waals surface area contributed by atoms with E-state index in [9.17, 15) is 9.18 Å². The molecule has 0 radical (unpaired) electrons. The molecule has 0 bridgehead atoms. The Labute approximate surface area is 173 Å². The number of carbonyl (C=O) groups excluding carboxylic acids is 1. The lowest BCUT2D eigenvalue weighted by Gasteiger charge is -2.44. The Morgan fingerprint density at radius 2 is 1.97 bits per heavy atom. The molecular formula is C23H34FN3O2. The monoisotopic (exact) mass is 403 g/mol. The summed E-state index contributed by atoms with van der Waals surface area (Å²) in [5, 5.41) is 4.22. The number of hydrogen-bond acceptors (Lipinski definition) is 4. The Bertz CT molecular complexity index is 718. The van der Waals surface area contributed by atoms with Crippen molar-refractivity contribution in [3.8, 4) is 0 Å². The molecule has 0 aromatic heterocycles. The third-order valence-corrected chi connectivity index (χ3v) is 6.64. The van der Waals surface area contributed by atoms with Crippen LogP contribution in [0.25, 0.3) is 0 Å². The first-order chi connectivity index (χ1) is 13.9. The minimum atomic E-state index is -0.222. The van der Waals surface area contributed by atoms with Crippen molar-refractivity contribution >= 4 is 11.6 Å². The van der Waals surface area contributed by atoms with E-state index in [0.29, 0.717) is 19.2 Å². The van der Waals surface area contributed by atoms with Gasteiger partial charge in [0.2, 0.25) is 5.91 Å². The fourth-order valence-electron chi connectivity index (χ4n) is 5.11.